The molecule has 876 valence electrons. The van der Waals surface area contributed by atoms with Crippen LogP contribution >= 0.6 is 0 Å². The second-order valence-corrected chi connectivity index (χ2v) is 47.0. The Bertz CT molecular complexity index is 2470. The molecular weight excluding hydrogens is 1760 g/mol. The number of unbranched alkanes of at least 4 members (excludes halogenated alkanes) is 2. The molecule has 2 N–H and O–H groups in total. The summed E-state index contributed by atoms with van der Waals surface area (Å²) in [6, 6.07) is 23.6. The molecule has 0 bridgehead atoms. The summed E-state index contributed by atoms with van der Waals surface area (Å²) in [5.41, 5.74) is 1.43. The molecule has 3 saturated heterocycles. The smallest absolute Gasteiger partial charge is 0.0594 e. The number of nitrogens with one attached hydrogen (secondary N) is 2. The highest BCUT2D eigenvalue weighted by Crippen LogP contribution is 2.30. The first-order valence-corrected chi connectivity index (χ1v) is 62.3. The van der Waals surface area contributed by atoms with Crippen molar-refractivity contribution < 1.29 is 4.74 Å². The SMILES string of the molecule is CC(C)N(C)C1CCCCC1.CC(C)N(C)CCc1ccccc1.CC(C)N1CCCC1.CC(C)N1CCCCC1.CC(C)N1CCOCC1.CCC(CC)CN(C)C(C)C.CCC(CC)N(C)C(C)C.CCC(CC)NC(C)C.CCCCN(C)C(C)C.CCCCN(CC)C(C)C.CCCN(C)C(C)C.CCCN(CC)C(C)C.CCCN(CC1CC1)C(C)C.CCCN(CCC)C(C)C.CCCNC(C)C. The van der Waals surface area contributed by atoms with E-state index < -0.39 is 0 Å². The molecule has 0 spiro atoms. The zero-order valence-electron chi connectivity index (χ0n) is 110. The van der Waals surface area contributed by atoms with Gasteiger partial charge in [-0.25, -0.2) is 0 Å². The van der Waals surface area contributed by atoms with Crippen LogP contribution in [0.15, 0.2) is 30.3 Å². The molecule has 6 rings (SSSR count). The van der Waals surface area contributed by atoms with Crippen LogP contribution in [0.2, 0.25) is 0 Å². The summed E-state index contributed by atoms with van der Waals surface area (Å²) in [6.07, 6.45) is 39.0. The predicted octanol–water partition coefficient (Wildman–Crippen LogP) is 31.7. The van der Waals surface area contributed by atoms with Gasteiger partial charge in [0, 0.05) is 141 Å². The van der Waals surface area contributed by atoms with E-state index in [1.165, 1.54) is 284 Å². The summed E-state index contributed by atoms with van der Waals surface area (Å²) in [5, 5.41) is 6.77. The summed E-state index contributed by atoms with van der Waals surface area (Å²) in [4.78, 5) is 32.1. The molecular formula is C128H283N15O. The van der Waals surface area contributed by atoms with Gasteiger partial charge in [-0.3, -0.25) is 4.90 Å². The number of hydrogen-bond donors (Lipinski definition) is 2. The number of likely N-dealkylation sites (tertiary alicyclic amines) is 2. The van der Waals surface area contributed by atoms with Crippen LogP contribution in [0.3, 0.4) is 0 Å². The average Bonchev–Trinajstić information content (AvgIpc) is 1.72. The zero-order chi connectivity index (χ0) is 113. The van der Waals surface area contributed by atoms with Crippen molar-refractivity contribution in [3.05, 3.63) is 35.9 Å². The van der Waals surface area contributed by atoms with Crippen molar-refractivity contribution in [1.82, 2.24) is 74.3 Å². The normalized spacial score (nSPS) is 14.8. The van der Waals surface area contributed by atoms with Crippen LogP contribution in [0.1, 0.15) is 504 Å². The fraction of sp³-hybridized carbons (Fsp3) is 0.953. The maximum atomic E-state index is 5.21. The van der Waals surface area contributed by atoms with Gasteiger partial charge in [-0.05, 0) is 466 Å². The molecule has 1 aromatic carbocycles. The molecule has 0 atom stereocenters. The molecule has 1 aromatic rings. The maximum Gasteiger partial charge on any atom is 0.0594 e. The first-order valence-electron chi connectivity index (χ1n) is 62.3. The van der Waals surface area contributed by atoms with Crippen LogP contribution in [0, 0.1) is 11.8 Å². The van der Waals surface area contributed by atoms with Crippen molar-refractivity contribution in [3.8, 4) is 0 Å². The molecule has 0 unspecified atom stereocenters. The van der Waals surface area contributed by atoms with Gasteiger partial charge in [0.1, 0.15) is 0 Å². The van der Waals surface area contributed by atoms with Gasteiger partial charge in [-0.2, -0.15) is 0 Å². The molecule has 5 aliphatic rings. The van der Waals surface area contributed by atoms with Crippen molar-refractivity contribution in [2.45, 2.75) is 613 Å². The van der Waals surface area contributed by atoms with Gasteiger partial charge in [0.2, 0.25) is 0 Å². The minimum Gasteiger partial charge on any atom is -0.379 e. The van der Waals surface area contributed by atoms with Crippen LogP contribution in [0.5, 0.6) is 0 Å². The first-order chi connectivity index (χ1) is 67.8. The van der Waals surface area contributed by atoms with E-state index in [0.717, 1.165) is 118 Å². The van der Waals surface area contributed by atoms with E-state index in [-0.39, 0.29) is 0 Å². The average molecular weight is 2050 g/mol. The molecule has 16 heteroatoms. The molecule has 3 aliphatic heterocycles. The van der Waals surface area contributed by atoms with E-state index in [9.17, 15) is 0 Å². The number of hydrogen-bond acceptors (Lipinski definition) is 16. The predicted molar refractivity (Wildman–Crippen MR) is 665 cm³/mol. The number of benzene rings is 1. The van der Waals surface area contributed by atoms with Crippen molar-refractivity contribution in [2.24, 2.45) is 11.8 Å². The first kappa shape index (κ1) is 160. The van der Waals surface area contributed by atoms with E-state index in [1.54, 1.807) is 0 Å². The molecule has 16 nitrogen and oxygen atoms in total. The number of rotatable bonds is 51. The largest absolute Gasteiger partial charge is 0.379 e. The van der Waals surface area contributed by atoms with E-state index in [2.05, 4.69) is 465 Å². The third kappa shape index (κ3) is 106. The fourth-order valence-corrected chi connectivity index (χ4v) is 17.0. The minimum absolute atomic E-state index is 0.634. The maximum absolute atomic E-state index is 5.21. The van der Waals surface area contributed by atoms with Gasteiger partial charge in [0.15, 0.2) is 0 Å². The molecule has 144 heavy (non-hydrogen) atoms. The third-order valence-electron chi connectivity index (χ3n) is 29.5. The highest BCUT2D eigenvalue weighted by Gasteiger charge is 2.26. The van der Waals surface area contributed by atoms with E-state index in [1.807, 2.05) is 0 Å². The van der Waals surface area contributed by atoms with Crippen LogP contribution in [0.25, 0.3) is 0 Å². The van der Waals surface area contributed by atoms with Crippen LogP contribution in [-0.2, 0) is 11.2 Å². The Morgan fingerprint density at radius 3 is 0.951 bits per heavy atom. The number of likely N-dealkylation sites (N-methyl/N-ethyl adjacent to an activating group) is 1. The number of morpholine rings is 1. The van der Waals surface area contributed by atoms with Gasteiger partial charge in [-0.1, -0.05) is 220 Å². The van der Waals surface area contributed by atoms with Gasteiger partial charge in [-0.15, -0.1) is 0 Å². The van der Waals surface area contributed by atoms with Crippen molar-refractivity contribution in [3.63, 3.8) is 0 Å². The number of piperidine rings is 1. The lowest BCUT2D eigenvalue weighted by atomic mass is 9.94. The molecule has 5 fully saturated rings. The monoisotopic (exact) mass is 2050 g/mol. The quantitative estimate of drug-likeness (QED) is 0.0650. The standard InChI is InChI=1S/C12H19N.2C10H21N.C10H23N.3C9H21N.C8H17N.3C8H19N.C7H15NO.C7H15N.C7H17N.C6H15N/c1-11(2)13(3)10-9-12-7-5-4-6-8-12;1-9(2)11(3)10-7-5-4-6-8-10;1-4-7-11(9(2)3)8-10-5-6-10;1-6-10(7-2)8-11(5)9(3)4;1-6-9(7-2)10(5)8(3)4;1-5-7-8-10(6-2)9(3)4;1-5-7-10(8-6-2)9(3)4;1-8(2)9-6-4-3-5-7-9;1-5-6-7-9(4)8(2)3;1-5-7-9(6-2)8(3)4;1-5-8(6-2)9-7(3)4;1-7(2)8-3-5-9-6-4-8;1-7(2)8-5-3-4-6-8;1-5-6-8(4)7(2)3;1-4-5-7-6(2)3/h4-8,11H,9-10H2,1-3H3;2*9-10H,4-8H2,1-3H3;9-10H,6-8H2,1-5H3;8-9H,6-7H2,1-5H3;2*9H,5-8H2,1-4H3;8H,3-7H2,1-2H3;2*8H,5-7H2,1-4H3;7-9H,5-6H2,1-4H3;7H,3-6H2,1-2H3;7H,3-6H2,1-2H3;7H,5-6H2,1-4H3;6-7H,4-5H2,1-3H3. The molecule has 0 aromatic heterocycles. The van der Waals surface area contributed by atoms with Crippen molar-refractivity contribution in [1.29, 1.82) is 0 Å². The fourth-order valence-electron chi connectivity index (χ4n) is 17.0. The summed E-state index contributed by atoms with van der Waals surface area (Å²) in [6.45, 7) is 129. The van der Waals surface area contributed by atoms with E-state index in [0.29, 0.717) is 48.3 Å². The van der Waals surface area contributed by atoms with Crippen molar-refractivity contribution >= 4 is 0 Å². The number of ether oxygens (including phenoxy) is 1. The van der Waals surface area contributed by atoms with Crippen molar-refractivity contribution in [2.75, 3.05) is 180 Å². The second kappa shape index (κ2) is 111. The second-order valence-electron chi connectivity index (χ2n) is 47.0. The molecule has 2 aliphatic carbocycles. The lowest BCUT2D eigenvalue weighted by Gasteiger charge is -2.33. The van der Waals surface area contributed by atoms with E-state index in [4.69, 9.17) is 4.74 Å². The molecule has 0 radical (unpaired) electrons. The zero-order valence-corrected chi connectivity index (χ0v) is 110. The third-order valence-corrected chi connectivity index (χ3v) is 29.5. The van der Waals surface area contributed by atoms with Crippen LogP contribution in [0.4, 0.5) is 0 Å². The molecule has 0 amide bonds. The lowest BCUT2D eigenvalue weighted by molar-refractivity contribution is 0.0238. The Labute approximate surface area is 914 Å². The summed E-state index contributed by atoms with van der Waals surface area (Å²) in [7, 11) is 13.2. The Kier molecular flexibility index (Phi) is 124. The lowest BCUT2D eigenvalue weighted by Crippen LogP contribution is -2.40. The van der Waals surface area contributed by atoms with Gasteiger partial charge >= 0.3 is 0 Å². The van der Waals surface area contributed by atoms with Gasteiger partial charge < -0.3 is 74.2 Å². The summed E-state index contributed by atoms with van der Waals surface area (Å²) in [5.74, 6) is 1.94. The van der Waals surface area contributed by atoms with E-state index >= 15 is 0 Å². The molecule has 3 heterocycles. The Balaban J connectivity index is -0.000000194. The summed E-state index contributed by atoms with van der Waals surface area (Å²) >= 11 is 0. The highest BCUT2D eigenvalue weighted by atomic mass is 16.5. The minimum atomic E-state index is 0.634. The number of nitrogens with zero attached hydrogens (tertiary/aromatic N) is 13. The van der Waals surface area contributed by atoms with Gasteiger partial charge in [0.25, 0.3) is 0 Å². The Morgan fingerprint density at radius 2 is 0.681 bits per heavy atom. The molecule has 2 saturated carbocycles. The Morgan fingerprint density at radius 1 is 0.319 bits per heavy atom. The van der Waals surface area contributed by atoms with Crippen LogP contribution in [-0.4, -0.2) is 352 Å². The van der Waals surface area contributed by atoms with Crippen LogP contribution < -0.4 is 10.6 Å². The van der Waals surface area contributed by atoms with Gasteiger partial charge in [0.05, 0.1) is 13.2 Å². The highest BCUT2D eigenvalue weighted by molar-refractivity contribution is 5.15. The Hall–Kier alpha value is -1.42. The topological polar surface area (TPSA) is 75.4 Å². The summed E-state index contributed by atoms with van der Waals surface area (Å²) < 4.78 is 5.21.